The molecular weight excluding hydrogens is 246 g/mol. The number of nitrogens with zero attached hydrogens (tertiary/aromatic N) is 2. The van der Waals surface area contributed by atoms with Crippen LogP contribution in [0.4, 0.5) is 14.5 Å². The van der Waals surface area contributed by atoms with Crippen LogP contribution in [0.2, 0.25) is 5.02 Å². The van der Waals surface area contributed by atoms with Crippen molar-refractivity contribution in [2.24, 2.45) is 0 Å². The molecule has 1 rings (SSSR count). The molecule has 0 aromatic heterocycles. The van der Waals surface area contributed by atoms with E-state index in [1.165, 1.54) is 6.07 Å². The zero-order valence-corrected chi connectivity index (χ0v) is 8.24. The lowest BCUT2D eigenvalue weighted by atomic mass is 10.2. The number of hydrogen-bond acceptors (Lipinski definition) is 4. The summed E-state index contributed by atoms with van der Waals surface area (Å²) >= 11 is 5.48. The minimum Gasteiger partial charge on any atom is -0.433 e. The molecule has 1 aromatic rings. The molecule has 0 atom stereocenters. The van der Waals surface area contributed by atoms with Gasteiger partial charge >= 0.3 is 12.3 Å². The number of benzene rings is 1. The van der Waals surface area contributed by atoms with Crippen LogP contribution < -0.4 is 4.74 Å². The average molecular weight is 249 g/mol. The van der Waals surface area contributed by atoms with Crippen molar-refractivity contribution in [3.8, 4) is 11.8 Å². The summed E-state index contributed by atoms with van der Waals surface area (Å²) in [6.45, 7) is -3.17. The van der Waals surface area contributed by atoms with Gasteiger partial charge in [0.1, 0.15) is 11.1 Å². The predicted octanol–water partition coefficient (Wildman–Crippen LogP) is 2.72. The van der Waals surface area contributed by atoms with E-state index in [1.807, 2.05) is 0 Å². The second kappa shape index (κ2) is 4.72. The molecule has 0 bridgehead atoms. The van der Waals surface area contributed by atoms with Crippen molar-refractivity contribution >= 4 is 17.3 Å². The highest BCUT2D eigenvalue weighted by molar-refractivity contribution is 6.33. The normalized spacial score (nSPS) is 9.94. The molecule has 0 amide bonds. The van der Waals surface area contributed by atoms with Gasteiger partial charge in [-0.3, -0.25) is 10.1 Å². The lowest BCUT2D eigenvalue weighted by molar-refractivity contribution is -0.385. The summed E-state index contributed by atoms with van der Waals surface area (Å²) < 4.78 is 27.8. The van der Waals surface area contributed by atoms with E-state index in [9.17, 15) is 18.9 Å². The molecule has 0 aliphatic rings. The summed E-state index contributed by atoms with van der Waals surface area (Å²) in [4.78, 5) is 9.64. The Hall–Kier alpha value is -1.94. The Morgan fingerprint density at radius 2 is 2.19 bits per heavy atom. The Labute approximate surface area is 93.0 Å². The Morgan fingerprint density at radius 1 is 1.56 bits per heavy atom. The fourth-order valence-electron chi connectivity index (χ4n) is 1.03. The number of halogens is 3. The van der Waals surface area contributed by atoms with Crippen LogP contribution in [-0.2, 0) is 0 Å². The zero-order chi connectivity index (χ0) is 12.3. The standard InChI is InChI=1S/C8H3ClF2N2O3/c9-5-1-2-6(16-8(10)11)4(3-12)7(5)13(14)15/h1-2,8H. The van der Waals surface area contributed by atoms with Gasteiger partial charge in [0, 0.05) is 0 Å². The van der Waals surface area contributed by atoms with Crippen molar-refractivity contribution in [3.05, 3.63) is 32.8 Å². The van der Waals surface area contributed by atoms with Crippen molar-refractivity contribution in [2.75, 3.05) is 0 Å². The number of ether oxygens (including phenoxy) is 1. The molecule has 84 valence electrons. The first-order valence-electron chi connectivity index (χ1n) is 3.79. The highest BCUT2D eigenvalue weighted by Crippen LogP contribution is 2.35. The molecule has 0 heterocycles. The molecule has 0 spiro atoms. The molecule has 0 aliphatic carbocycles. The molecule has 5 nitrogen and oxygen atoms in total. The van der Waals surface area contributed by atoms with E-state index < -0.39 is 28.5 Å². The maximum atomic E-state index is 11.9. The van der Waals surface area contributed by atoms with Gasteiger partial charge in [-0.05, 0) is 12.1 Å². The summed E-state index contributed by atoms with van der Waals surface area (Å²) in [6, 6.07) is 3.39. The van der Waals surface area contributed by atoms with Crippen LogP contribution in [0.3, 0.4) is 0 Å². The van der Waals surface area contributed by atoms with Crippen LogP contribution in [-0.4, -0.2) is 11.5 Å². The van der Waals surface area contributed by atoms with Crippen LogP contribution in [0.25, 0.3) is 0 Å². The lowest BCUT2D eigenvalue weighted by Crippen LogP contribution is -2.05. The van der Waals surface area contributed by atoms with Crippen LogP contribution in [0.15, 0.2) is 12.1 Å². The first-order chi connectivity index (χ1) is 7.47. The van der Waals surface area contributed by atoms with E-state index in [2.05, 4.69) is 4.74 Å². The number of nitro groups is 1. The molecule has 0 saturated carbocycles. The van der Waals surface area contributed by atoms with E-state index in [4.69, 9.17) is 16.9 Å². The van der Waals surface area contributed by atoms with Gasteiger partial charge in [0.25, 0.3) is 0 Å². The number of nitro benzene ring substituents is 1. The number of alkyl halides is 2. The van der Waals surface area contributed by atoms with Crippen LogP contribution >= 0.6 is 11.6 Å². The molecule has 0 unspecified atom stereocenters. The largest absolute Gasteiger partial charge is 0.433 e. The Balaban J connectivity index is 3.38. The Morgan fingerprint density at radius 3 is 2.62 bits per heavy atom. The summed E-state index contributed by atoms with van der Waals surface area (Å²) in [7, 11) is 0. The van der Waals surface area contributed by atoms with Crippen LogP contribution in [0.1, 0.15) is 5.56 Å². The maximum absolute atomic E-state index is 11.9. The summed E-state index contributed by atoms with van der Waals surface area (Å²) in [6.07, 6.45) is 0. The topological polar surface area (TPSA) is 76.2 Å². The van der Waals surface area contributed by atoms with Gasteiger partial charge < -0.3 is 4.74 Å². The van der Waals surface area contributed by atoms with Crippen molar-refractivity contribution < 1.29 is 18.4 Å². The summed E-state index contributed by atoms with van der Waals surface area (Å²) in [5, 5.41) is 18.9. The van der Waals surface area contributed by atoms with Gasteiger partial charge in [-0.2, -0.15) is 14.0 Å². The zero-order valence-electron chi connectivity index (χ0n) is 7.49. The van der Waals surface area contributed by atoms with Crippen molar-refractivity contribution in [2.45, 2.75) is 6.61 Å². The molecule has 0 radical (unpaired) electrons. The molecule has 0 fully saturated rings. The van der Waals surface area contributed by atoms with Gasteiger partial charge in [0.05, 0.1) is 4.92 Å². The molecule has 0 N–H and O–H groups in total. The number of hydrogen-bond donors (Lipinski definition) is 0. The minimum atomic E-state index is -3.17. The van der Waals surface area contributed by atoms with E-state index in [0.29, 0.717) is 0 Å². The van der Waals surface area contributed by atoms with Crippen LogP contribution in [0, 0.1) is 21.4 Å². The number of nitriles is 1. The van der Waals surface area contributed by atoms with Gasteiger partial charge in [-0.15, -0.1) is 0 Å². The van der Waals surface area contributed by atoms with E-state index in [-0.39, 0.29) is 5.02 Å². The van der Waals surface area contributed by atoms with E-state index in [0.717, 1.165) is 12.1 Å². The van der Waals surface area contributed by atoms with Crippen molar-refractivity contribution in [1.82, 2.24) is 0 Å². The second-order valence-electron chi connectivity index (χ2n) is 2.52. The smallest absolute Gasteiger partial charge is 0.387 e. The van der Waals surface area contributed by atoms with Crippen LogP contribution in [0.5, 0.6) is 5.75 Å². The van der Waals surface area contributed by atoms with Gasteiger partial charge in [-0.25, -0.2) is 0 Å². The molecule has 8 heteroatoms. The molecule has 16 heavy (non-hydrogen) atoms. The SMILES string of the molecule is N#Cc1c(OC(F)F)ccc(Cl)c1[N+](=O)[O-]. The third kappa shape index (κ3) is 2.35. The number of rotatable bonds is 3. The summed E-state index contributed by atoms with van der Waals surface area (Å²) in [5.41, 5.74) is -1.37. The Kier molecular flexibility index (Phi) is 3.58. The minimum absolute atomic E-state index is 0.317. The monoisotopic (exact) mass is 248 g/mol. The third-order valence-corrected chi connectivity index (χ3v) is 1.91. The van der Waals surface area contributed by atoms with Crippen molar-refractivity contribution in [3.63, 3.8) is 0 Å². The molecular formula is C8H3ClF2N2O3. The Bertz CT molecular complexity index is 473. The second-order valence-corrected chi connectivity index (χ2v) is 2.92. The van der Waals surface area contributed by atoms with Gasteiger partial charge in [-0.1, -0.05) is 11.6 Å². The molecule has 1 aromatic carbocycles. The fraction of sp³-hybridized carbons (Fsp3) is 0.125. The molecule has 0 saturated heterocycles. The first kappa shape index (κ1) is 12.1. The van der Waals surface area contributed by atoms with Gasteiger partial charge in [0.15, 0.2) is 11.3 Å². The lowest BCUT2D eigenvalue weighted by Gasteiger charge is -2.06. The highest BCUT2D eigenvalue weighted by atomic mass is 35.5. The highest BCUT2D eigenvalue weighted by Gasteiger charge is 2.24. The predicted molar refractivity (Wildman–Crippen MR) is 49.5 cm³/mol. The molecule has 0 aliphatic heterocycles. The average Bonchev–Trinajstić information content (AvgIpc) is 2.18. The fourth-order valence-corrected chi connectivity index (χ4v) is 1.25. The quantitative estimate of drug-likeness (QED) is 0.609. The summed E-state index contributed by atoms with van der Waals surface area (Å²) in [5.74, 6) is -0.575. The van der Waals surface area contributed by atoms with Crippen molar-refractivity contribution in [1.29, 1.82) is 5.26 Å². The van der Waals surface area contributed by atoms with E-state index in [1.54, 1.807) is 0 Å². The van der Waals surface area contributed by atoms with E-state index >= 15 is 0 Å². The first-order valence-corrected chi connectivity index (χ1v) is 4.17. The van der Waals surface area contributed by atoms with Gasteiger partial charge in [0.2, 0.25) is 0 Å². The third-order valence-electron chi connectivity index (χ3n) is 1.60. The maximum Gasteiger partial charge on any atom is 0.387 e.